The minimum Gasteiger partial charge on any atom is -0.391 e. The number of unbranched alkanes of at least 4 members (excludes halogenated alkanes) is 15. The minimum atomic E-state index is -0.608. The fraction of sp³-hybridized carbons (Fsp3) is 0.806. The lowest BCUT2D eigenvalue weighted by atomic mass is 9.97. The topological polar surface area (TPSA) is 61.8 Å². The molecule has 236 valence electrons. The number of nitrogens with one attached hydrogen (secondary N) is 1. The largest absolute Gasteiger partial charge is 0.391 e. The fourth-order valence-corrected chi connectivity index (χ4v) is 5.96. The van der Waals surface area contributed by atoms with Crippen molar-refractivity contribution in [1.82, 2.24) is 10.2 Å². The van der Waals surface area contributed by atoms with Gasteiger partial charge in [-0.25, -0.2) is 0 Å². The van der Waals surface area contributed by atoms with Gasteiger partial charge in [-0.3, -0.25) is 9.69 Å². The van der Waals surface area contributed by atoms with E-state index in [-0.39, 0.29) is 11.9 Å². The van der Waals surface area contributed by atoms with E-state index in [1.54, 1.807) is 0 Å². The number of aliphatic hydroxyl groups excluding tert-OH is 1. The third-order valence-electron chi connectivity index (χ3n) is 8.63. The molecule has 2 atom stereocenters. The molecule has 0 unspecified atom stereocenters. The normalized spacial score (nSPS) is 15.6. The highest BCUT2D eigenvalue weighted by Crippen LogP contribution is 2.16. The quantitative estimate of drug-likeness (QED) is 0.117. The highest BCUT2D eigenvalue weighted by atomic mass is 16.5. The third-order valence-corrected chi connectivity index (χ3v) is 8.63. The number of amides is 1. The van der Waals surface area contributed by atoms with Crippen molar-refractivity contribution in [2.45, 2.75) is 154 Å². The van der Waals surface area contributed by atoms with E-state index in [4.69, 9.17) is 4.74 Å². The summed E-state index contributed by atoms with van der Waals surface area (Å²) in [5, 5.41) is 14.5. The zero-order valence-electron chi connectivity index (χ0n) is 26.9. The summed E-state index contributed by atoms with van der Waals surface area (Å²) in [5.74, 6) is 0.0788. The molecule has 0 bridgehead atoms. The molecule has 1 saturated heterocycles. The first-order chi connectivity index (χ1) is 20.1. The van der Waals surface area contributed by atoms with Crippen molar-refractivity contribution < 1.29 is 14.6 Å². The Hall–Kier alpha value is -1.43. The number of hydrogen-bond acceptors (Lipinski definition) is 4. The van der Waals surface area contributed by atoms with Crippen LogP contribution in [-0.2, 0) is 22.4 Å². The Morgan fingerprint density at radius 1 is 0.805 bits per heavy atom. The van der Waals surface area contributed by atoms with Gasteiger partial charge in [-0.05, 0) is 30.4 Å². The van der Waals surface area contributed by atoms with Crippen LogP contribution in [0.4, 0.5) is 0 Å². The Labute approximate surface area is 253 Å². The lowest BCUT2D eigenvalue weighted by molar-refractivity contribution is -0.123. The average molecular weight is 573 g/mol. The second-order valence-electron chi connectivity index (χ2n) is 12.5. The fourth-order valence-electron chi connectivity index (χ4n) is 5.96. The SMILES string of the molecule is CCCCCCCCCCCCCC(=O)N[C@@H](CN1CCOCC1)[C@H](O)Cc1cccc(CCCCCCCC)c1. The van der Waals surface area contributed by atoms with E-state index in [1.165, 1.54) is 102 Å². The molecular formula is C36H64N2O3. The monoisotopic (exact) mass is 572 g/mol. The molecule has 0 aromatic heterocycles. The molecule has 1 aromatic rings. The summed E-state index contributed by atoms with van der Waals surface area (Å²) in [6, 6.07) is 8.44. The standard InChI is InChI=1S/C36H64N2O3/c1-3-5-7-9-11-12-13-14-15-17-19-24-36(40)37-34(31-38-25-27-41-28-26-38)35(39)30-33-23-20-22-32(29-33)21-18-16-10-8-6-4-2/h20,22-23,29,34-35,39H,3-19,21,24-28,30-31H2,1-2H3,(H,37,40)/t34-,35+/m0/s1. The first-order valence-corrected chi connectivity index (χ1v) is 17.5. The number of aryl methyl sites for hydroxylation is 1. The zero-order valence-corrected chi connectivity index (χ0v) is 26.9. The minimum absolute atomic E-state index is 0.0788. The maximum atomic E-state index is 12.9. The second kappa shape index (κ2) is 24.1. The van der Waals surface area contributed by atoms with E-state index in [2.05, 4.69) is 48.3 Å². The van der Waals surface area contributed by atoms with Gasteiger partial charge in [0.2, 0.25) is 5.91 Å². The summed E-state index contributed by atoms with van der Waals surface area (Å²) >= 11 is 0. The number of rotatable bonds is 25. The molecule has 1 heterocycles. The predicted molar refractivity (Wildman–Crippen MR) is 174 cm³/mol. The van der Waals surface area contributed by atoms with Crippen LogP contribution >= 0.6 is 0 Å². The summed E-state index contributed by atoms with van der Waals surface area (Å²) in [4.78, 5) is 15.2. The molecule has 2 N–H and O–H groups in total. The predicted octanol–water partition coefficient (Wildman–Crippen LogP) is 8.01. The van der Waals surface area contributed by atoms with Crippen molar-refractivity contribution in [3.63, 3.8) is 0 Å². The van der Waals surface area contributed by atoms with E-state index in [0.717, 1.165) is 51.1 Å². The Balaban J connectivity index is 1.75. The maximum absolute atomic E-state index is 12.9. The van der Waals surface area contributed by atoms with Crippen molar-refractivity contribution >= 4 is 5.91 Å². The van der Waals surface area contributed by atoms with Gasteiger partial charge in [0.1, 0.15) is 0 Å². The van der Waals surface area contributed by atoms with Crippen molar-refractivity contribution in [3.8, 4) is 0 Å². The van der Waals surface area contributed by atoms with Crippen molar-refractivity contribution in [2.24, 2.45) is 0 Å². The molecule has 1 fully saturated rings. The van der Waals surface area contributed by atoms with Crippen LogP contribution < -0.4 is 5.32 Å². The maximum Gasteiger partial charge on any atom is 0.220 e. The molecule has 0 spiro atoms. The van der Waals surface area contributed by atoms with Gasteiger partial charge >= 0.3 is 0 Å². The van der Waals surface area contributed by atoms with Crippen LogP contribution in [0.1, 0.15) is 141 Å². The van der Waals surface area contributed by atoms with Crippen molar-refractivity contribution in [1.29, 1.82) is 0 Å². The molecule has 2 rings (SSSR count). The molecule has 5 nitrogen and oxygen atoms in total. The second-order valence-corrected chi connectivity index (χ2v) is 12.5. The number of carbonyl (C=O) groups is 1. The van der Waals surface area contributed by atoms with Crippen molar-refractivity contribution in [2.75, 3.05) is 32.8 Å². The Morgan fingerprint density at radius 2 is 1.34 bits per heavy atom. The number of ether oxygens (including phenoxy) is 1. The number of benzene rings is 1. The van der Waals surface area contributed by atoms with Gasteiger partial charge in [0.25, 0.3) is 0 Å². The number of hydrogen-bond donors (Lipinski definition) is 2. The average Bonchev–Trinajstić information content (AvgIpc) is 2.98. The number of morpholine rings is 1. The van der Waals surface area contributed by atoms with E-state index >= 15 is 0 Å². The Morgan fingerprint density at radius 3 is 1.95 bits per heavy atom. The van der Waals surface area contributed by atoms with Gasteiger partial charge in [-0.15, -0.1) is 0 Å². The van der Waals surface area contributed by atoms with Gasteiger partial charge in [0, 0.05) is 32.5 Å². The molecule has 0 saturated carbocycles. The van der Waals surface area contributed by atoms with Crippen LogP contribution in [-0.4, -0.2) is 60.9 Å². The number of nitrogens with zero attached hydrogens (tertiary/aromatic N) is 1. The molecule has 1 amide bonds. The van der Waals surface area contributed by atoms with Gasteiger partial charge in [0.05, 0.1) is 25.4 Å². The first kappa shape index (κ1) is 35.8. The zero-order chi connectivity index (χ0) is 29.4. The van der Waals surface area contributed by atoms with Gasteiger partial charge in [0.15, 0.2) is 0 Å². The van der Waals surface area contributed by atoms with Crippen LogP contribution in [0.15, 0.2) is 24.3 Å². The Bertz CT molecular complexity index is 765. The first-order valence-electron chi connectivity index (χ1n) is 17.5. The van der Waals surface area contributed by atoms with Crippen LogP contribution in [0.25, 0.3) is 0 Å². The third kappa shape index (κ3) is 18.0. The van der Waals surface area contributed by atoms with E-state index in [0.29, 0.717) is 19.4 Å². The summed E-state index contributed by atoms with van der Waals surface area (Å²) in [6.45, 7) is 8.34. The van der Waals surface area contributed by atoms with Crippen LogP contribution in [0.2, 0.25) is 0 Å². The molecule has 1 aliphatic rings. The summed E-state index contributed by atoms with van der Waals surface area (Å²) in [6.07, 6.45) is 23.5. The summed E-state index contributed by atoms with van der Waals surface area (Å²) in [5.41, 5.74) is 2.52. The number of carbonyl (C=O) groups excluding carboxylic acids is 1. The van der Waals surface area contributed by atoms with E-state index in [1.807, 2.05) is 0 Å². The van der Waals surface area contributed by atoms with E-state index in [9.17, 15) is 9.90 Å². The van der Waals surface area contributed by atoms with E-state index < -0.39 is 6.10 Å². The molecule has 1 aliphatic heterocycles. The highest BCUT2D eigenvalue weighted by molar-refractivity contribution is 5.76. The summed E-state index contributed by atoms with van der Waals surface area (Å²) < 4.78 is 5.52. The molecule has 0 aliphatic carbocycles. The lowest BCUT2D eigenvalue weighted by Crippen LogP contribution is -2.53. The number of aliphatic hydroxyl groups is 1. The van der Waals surface area contributed by atoms with Crippen LogP contribution in [0.5, 0.6) is 0 Å². The molecule has 41 heavy (non-hydrogen) atoms. The lowest BCUT2D eigenvalue weighted by Gasteiger charge is -2.33. The van der Waals surface area contributed by atoms with Gasteiger partial charge < -0.3 is 15.2 Å². The van der Waals surface area contributed by atoms with Crippen LogP contribution in [0.3, 0.4) is 0 Å². The van der Waals surface area contributed by atoms with Gasteiger partial charge in [-0.1, -0.05) is 134 Å². The molecule has 0 radical (unpaired) electrons. The molecule has 1 aromatic carbocycles. The Kier molecular flexibility index (Phi) is 21.0. The van der Waals surface area contributed by atoms with Crippen LogP contribution in [0, 0.1) is 0 Å². The summed E-state index contributed by atoms with van der Waals surface area (Å²) in [7, 11) is 0. The smallest absolute Gasteiger partial charge is 0.220 e. The highest BCUT2D eigenvalue weighted by Gasteiger charge is 2.25. The molecule has 5 heteroatoms. The molecular weight excluding hydrogens is 508 g/mol. The van der Waals surface area contributed by atoms with Gasteiger partial charge in [-0.2, -0.15) is 0 Å². The van der Waals surface area contributed by atoms with Crippen molar-refractivity contribution in [3.05, 3.63) is 35.4 Å².